The number of aryl methyl sites for hydroxylation is 1. The molecule has 6 heteroatoms. The van der Waals surface area contributed by atoms with Gasteiger partial charge in [0.2, 0.25) is 0 Å². The van der Waals surface area contributed by atoms with Gasteiger partial charge in [-0.25, -0.2) is 9.07 Å². The summed E-state index contributed by atoms with van der Waals surface area (Å²) in [4.78, 5) is 0. The Labute approximate surface area is 110 Å². The first-order valence-corrected chi connectivity index (χ1v) is 6.12. The first-order chi connectivity index (χ1) is 9.24. The summed E-state index contributed by atoms with van der Waals surface area (Å²) in [6.45, 7) is 0.431. The van der Waals surface area contributed by atoms with E-state index in [0.717, 1.165) is 11.3 Å². The molecule has 1 aromatic carbocycles. The third-order valence-electron chi connectivity index (χ3n) is 2.88. The second-order valence-electron chi connectivity index (χ2n) is 4.24. The lowest BCUT2D eigenvalue weighted by molar-refractivity contribution is 0.273. The number of aliphatic hydroxyl groups is 2. The Kier molecular flexibility index (Phi) is 4.59. The van der Waals surface area contributed by atoms with E-state index in [9.17, 15) is 9.50 Å². The minimum absolute atomic E-state index is 0.0737. The van der Waals surface area contributed by atoms with Gasteiger partial charge >= 0.3 is 0 Å². The molecule has 1 aromatic heterocycles. The molecule has 0 aliphatic rings. The quantitative estimate of drug-likeness (QED) is 0.813. The topological polar surface area (TPSA) is 71.2 Å². The molecule has 0 aliphatic heterocycles. The number of aliphatic hydroxyl groups excluding tert-OH is 2. The van der Waals surface area contributed by atoms with E-state index in [-0.39, 0.29) is 19.0 Å². The summed E-state index contributed by atoms with van der Waals surface area (Å²) >= 11 is 0. The zero-order chi connectivity index (χ0) is 13.7. The van der Waals surface area contributed by atoms with Gasteiger partial charge in [-0.2, -0.15) is 0 Å². The predicted molar refractivity (Wildman–Crippen MR) is 66.9 cm³/mol. The van der Waals surface area contributed by atoms with Crippen LogP contribution in [0.1, 0.15) is 23.4 Å². The Morgan fingerprint density at radius 2 is 1.89 bits per heavy atom. The molecule has 0 unspecified atom stereocenters. The van der Waals surface area contributed by atoms with E-state index in [0.29, 0.717) is 25.1 Å². The van der Waals surface area contributed by atoms with Crippen LogP contribution in [-0.2, 0) is 19.6 Å². The summed E-state index contributed by atoms with van der Waals surface area (Å²) < 4.78 is 14.5. The van der Waals surface area contributed by atoms with Crippen LogP contribution in [0.4, 0.5) is 4.39 Å². The van der Waals surface area contributed by atoms with Crippen molar-refractivity contribution in [2.45, 2.75) is 26.0 Å². The average molecular weight is 265 g/mol. The van der Waals surface area contributed by atoms with Crippen LogP contribution >= 0.6 is 0 Å². The summed E-state index contributed by atoms with van der Waals surface area (Å²) in [6.07, 6.45) is 1.10. The van der Waals surface area contributed by atoms with Crippen molar-refractivity contribution in [1.29, 1.82) is 0 Å². The van der Waals surface area contributed by atoms with Crippen molar-refractivity contribution in [2.24, 2.45) is 0 Å². The lowest BCUT2D eigenvalue weighted by Crippen LogP contribution is -2.08. The SMILES string of the molecule is OCCCn1nnc(CO)c1Cc1ccc(F)cc1. The van der Waals surface area contributed by atoms with Crippen LogP contribution in [0.15, 0.2) is 24.3 Å². The van der Waals surface area contributed by atoms with E-state index in [2.05, 4.69) is 10.3 Å². The molecular formula is C13H16FN3O2. The maximum atomic E-state index is 12.9. The number of benzene rings is 1. The van der Waals surface area contributed by atoms with Gasteiger partial charge in [-0.1, -0.05) is 17.3 Å². The van der Waals surface area contributed by atoms with Gasteiger partial charge in [0.1, 0.15) is 11.5 Å². The molecule has 5 nitrogen and oxygen atoms in total. The smallest absolute Gasteiger partial charge is 0.123 e. The van der Waals surface area contributed by atoms with Crippen LogP contribution in [-0.4, -0.2) is 31.8 Å². The zero-order valence-corrected chi connectivity index (χ0v) is 10.5. The Morgan fingerprint density at radius 3 is 2.53 bits per heavy atom. The zero-order valence-electron chi connectivity index (χ0n) is 10.5. The van der Waals surface area contributed by atoms with Crippen molar-refractivity contribution >= 4 is 0 Å². The molecule has 2 aromatic rings. The molecule has 0 saturated carbocycles. The fourth-order valence-corrected chi connectivity index (χ4v) is 1.88. The first-order valence-electron chi connectivity index (χ1n) is 6.12. The first kappa shape index (κ1) is 13.6. The minimum atomic E-state index is -0.280. The molecule has 0 bridgehead atoms. The number of nitrogens with zero attached hydrogens (tertiary/aromatic N) is 3. The van der Waals surface area contributed by atoms with Crippen LogP contribution in [0.5, 0.6) is 0 Å². The average Bonchev–Trinajstić information content (AvgIpc) is 2.81. The monoisotopic (exact) mass is 265 g/mol. The van der Waals surface area contributed by atoms with Crippen LogP contribution in [0.2, 0.25) is 0 Å². The number of hydrogen-bond donors (Lipinski definition) is 2. The largest absolute Gasteiger partial charge is 0.396 e. The van der Waals surface area contributed by atoms with Crippen LogP contribution in [0.25, 0.3) is 0 Å². The summed E-state index contributed by atoms with van der Waals surface area (Å²) in [5.41, 5.74) is 2.23. The highest BCUT2D eigenvalue weighted by molar-refractivity contribution is 5.24. The van der Waals surface area contributed by atoms with E-state index in [1.165, 1.54) is 12.1 Å². The van der Waals surface area contributed by atoms with E-state index >= 15 is 0 Å². The highest BCUT2D eigenvalue weighted by atomic mass is 19.1. The fourth-order valence-electron chi connectivity index (χ4n) is 1.88. The molecule has 0 fully saturated rings. The molecular weight excluding hydrogens is 249 g/mol. The molecule has 2 N–H and O–H groups in total. The van der Waals surface area contributed by atoms with E-state index in [1.54, 1.807) is 16.8 Å². The van der Waals surface area contributed by atoms with Gasteiger partial charge in [0, 0.05) is 19.6 Å². The third kappa shape index (κ3) is 3.36. The number of hydrogen-bond acceptors (Lipinski definition) is 4. The van der Waals surface area contributed by atoms with Crippen molar-refractivity contribution in [3.63, 3.8) is 0 Å². The van der Waals surface area contributed by atoms with E-state index in [1.807, 2.05) is 0 Å². The molecule has 0 amide bonds. The molecule has 0 aliphatic carbocycles. The summed E-state index contributed by atoms with van der Waals surface area (Å²) in [7, 11) is 0. The molecule has 0 saturated heterocycles. The third-order valence-corrected chi connectivity index (χ3v) is 2.88. The fraction of sp³-hybridized carbons (Fsp3) is 0.385. The molecule has 0 spiro atoms. The second kappa shape index (κ2) is 6.40. The lowest BCUT2D eigenvalue weighted by Gasteiger charge is -2.07. The lowest BCUT2D eigenvalue weighted by atomic mass is 10.1. The Morgan fingerprint density at radius 1 is 1.16 bits per heavy atom. The van der Waals surface area contributed by atoms with Crippen LogP contribution < -0.4 is 0 Å². The van der Waals surface area contributed by atoms with Gasteiger partial charge in [0.15, 0.2) is 0 Å². The molecule has 2 rings (SSSR count). The van der Waals surface area contributed by atoms with Gasteiger partial charge in [0.25, 0.3) is 0 Å². The minimum Gasteiger partial charge on any atom is -0.396 e. The summed E-state index contributed by atoms with van der Waals surface area (Å²) in [5, 5.41) is 26.0. The van der Waals surface area contributed by atoms with Gasteiger partial charge in [-0.3, -0.25) is 0 Å². The van der Waals surface area contributed by atoms with Crippen LogP contribution in [0, 0.1) is 5.82 Å². The van der Waals surface area contributed by atoms with Crippen molar-refractivity contribution in [3.05, 3.63) is 47.0 Å². The van der Waals surface area contributed by atoms with Crippen molar-refractivity contribution < 1.29 is 14.6 Å². The van der Waals surface area contributed by atoms with Crippen LogP contribution in [0.3, 0.4) is 0 Å². The van der Waals surface area contributed by atoms with Gasteiger partial charge in [0.05, 0.1) is 12.3 Å². The molecule has 0 atom stereocenters. The van der Waals surface area contributed by atoms with Crippen molar-refractivity contribution in [2.75, 3.05) is 6.61 Å². The van der Waals surface area contributed by atoms with Gasteiger partial charge < -0.3 is 10.2 Å². The van der Waals surface area contributed by atoms with E-state index in [4.69, 9.17) is 5.11 Å². The number of halogens is 1. The Balaban J connectivity index is 2.21. The van der Waals surface area contributed by atoms with Crippen molar-refractivity contribution in [3.8, 4) is 0 Å². The number of rotatable bonds is 6. The highest BCUT2D eigenvalue weighted by Gasteiger charge is 2.12. The molecule has 1 heterocycles. The standard InChI is InChI=1S/C13H16FN3O2/c14-11-4-2-10(3-5-11)8-13-12(9-19)15-16-17(13)6-1-7-18/h2-5,18-19H,1,6-9H2. The predicted octanol–water partition coefficient (Wildman–Crippen LogP) is 0.883. The normalized spacial score (nSPS) is 10.9. The second-order valence-corrected chi connectivity index (χ2v) is 4.24. The number of aromatic nitrogens is 3. The highest BCUT2D eigenvalue weighted by Crippen LogP contribution is 2.14. The summed E-state index contributed by atoms with van der Waals surface area (Å²) in [5.74, 6) is -0.280. The van der Waals surface area contributed by atoms with E-state index < -0.39 is 0 Å². The molecule has 102 valence electrons. The Bertz CT molecular complexity index is 525. The molecule has 0 radical (unpaired) electrons. The van der Waals surface area contributed by atoms with Gasteiger partial charge in [-0.15, -0.1) is 5.10 Å². The molecule has 19 heavy (non-hydrogen) atoms. The Hall–Kier alpha value is -1.79. The summed E-state index contributed by atoms with van der Waals surface area (Å²) in [6, 6.07) is 6.19. The maximum absolute atomic E-state index is 12.9. The maximum Gasteiger partial charge on any atom is 0.123 e. The van der Waals surface area contributed by atoms with Gasteiger partial charge in [-0.05, 0) is 24.1 Å². The van der Waals surface area contributed by atoms with Crippen molar-refractivity contribution in [1.82, 2.24) is 15.0 Å².